The smallest absolute Gasteiger partial charge is 0.240 e. The molecule has 0 unspecified atom stereocenters. The fraction of sp³-hybridized carbons (Fsp3) is 0.385. The van der Waals surface area contributed by atoms with Crippen LogP contribution in [-0.4, -0.2) is 25.8 Å². The SMILES string of the molecule is Cc1ccc(S(=O)(=O)NC/C=C/C(C)(C)OO)cc1. The average molecular weight is 285 g/mol. The first-order chi connectivity index (χ1) is 8.77. The first kappa shape index (κ1) is 15.8. The monoisotopic (exact) mass is 285 g/mol. The minimum absolute atomic E-state index is 0.128. The van der Waals surface area contributed by atoms with Crippen LogP contribution in [0, 0.1) is 6.92 Å². The number of rotatable bonds is 6. The van der Waals surface area contributed by atoms with Crippen molar-refractivity contribution in [2.45, 2.75) is 31.3 Å². The fourth-order valence-electron chi connectivity index (χ4n) is 1.33. The molecule has 0 aliphatic rings. The molecule has 0 saturated carbocycles. The molecule has 0 aliphatic carbocycles. The van der Waals surface area contributed by atoms with Crippen LogP contribution in [0.15, 0.2) is 41.3 Å². The number of hydrogen-bond acceptors (Lipinski definition) is 4. The van der Waals surface area contributed by atoms with Crippen molar-refractivity contribution in [2.75, 3.05) is 6.54 Å². The Bertz CT molecular complexity index is 532. The Labute approximate surface area is 113 Å². The second-order valence-corrected chi connectivity index (χ2v) is 6.53. The average Bonchev–Trinajstić information content (AvgIpc) is 2.35. The molecular formula is C13H19NO4S. The molecule has 0 aromatic heterocycles. The molecule has 19 heavy (non-hydrogen) atoms. The highest BCUT2D eigenvalue weighted by molar-refractivity contribution is 7.89. The first-order valence-corrected chi connectivity index (χ1v) is 7.32. The molecule has 0 amide bonds. The maximum atomic E-state index is 11.9. The van der Waals surface area contributed by atoms with Crippen LogP contribution in [0.25, 0.3) is 0 Å². The van der Waals surface area contributed by atoms with Crippen molar-refractivity contribution in [2.24, 2.45) is 0 Å². The van der Waals surface area contributed by atoms with E-state index in [1.165, 1.54) is 0 Å². The molecule has 0 fully saturated rings. The van der Waals surface area contributed by atoms with Crippen molar-refractivity contribution < 1.29 is 18.6 Å². The Morgan fingerprint density at radius 2 is 1.89 bits per heavy atom. The zero-order valence-corrected chi connectivity index (χ0v) is 12.1. The molecule has 5 nitrogen and oxygen atoms in total. The summed E-state index contributed by atoms with van der Waals surface area (Å²) < 4.78 is 26.3. The van der Waals surface area contributed by atoms with Gasteiger partial charge in [0.2, 0.25) is 10.0 Å². The van der Waals surface area contributed by atoms with E-state index in [1.807, 2.05) is 6.92 Å². The van der Waals surface area contributed by atoms with Crippen LogP contribution in [0.4, 0.5) is 0 Å². The number of aryl methyl sites for hydroxylation is 1. The van der Waals surface area contributed by atoms with Gasteiger partial charge < -0.3 is 0 Å². The van der Waals surface area contributed by atoms with Crippen molar-refractivity contribution in [3.63, 3.8) is 0 Å². The maximum Gasteiger partial charge on any atom is 0.240 e. The van der Waals surface area contributed by atoms with Crippen LogP contribution in [0.3, 0.4) is 0 Å². The van der Waals surface area contributed by atoms with Crippen molar-refractivity contribution in [3.05, 3.63) is 42.0 Å². The quantitative estimate of drug-likeness (QED) is 0.477. The molecule has 106 valence electrons. The minimum Gasteiger partial charge on any atom is -0.251 e. The lowest BCUT2D eigenvalue weighted by Gasteiger charge is -2.14. The van der Waals surface area contributed by atoms with Crippen molar-refractivity contribution in [1.82, 2.24) is 4.72 Å². The number of benzene rings is 1. The van der Waals surface area contributed by atoms with Gasteiger partial charge in [0.05, 0.1) is 4.90 Å². The third-order valence-electron chi connectivity index (χ3n) is 2.48. The summed E-state index contributed by atoms with van der Waals surface area (Å²) in [6, 6.07) is 6.60. The van der Waals surface area contributed by atoms with E-state index in [-0.39, 0.29) is 11.4 Å². The van der Waals surface area contributed by atoms with Gasteiger partial charge in [-0.25, -0.2) is 18.0 Å². The fourth-order valence-corrected chi connectivity index (χ4v) is 2.31. The summed E-state index contributed by atoms with van der Waals surface area (Å²) in [6.45, 7) is 5.32. The van der Waals surface area contributed by atoms with Gasteiger partial charge in [0.25, 0.3) is 0 Å². The van der Waals surface area contributed by atoms with Crippen LogP contribution < -0.4 is 4.72 Å². The molecule has 0 spiro atoms. The summed E-state index contributed by atoms with van der Waals surface area (Å²) >= 11 is 0. The van der Waals surface area contributed by atoms with Gasteiger partial charge in [0.15, 0.2) is 0 Å². The minimum atomic E-state index is -3.51. The molecule has 0 atom stereocenters. The Balaban J connectivity index is 2.64. The van der Waals surface area contributed by atoms with Crippen molar-refractivity contribution >= 4 is 10.0 Å². The zero-order valence-electron chi connectivity index (χ0n) is 11.3. The Morgan fingerprint density at radius 3 is 2.42 bits per heavy atom. The molecule has 1 aromatic rings. The van der Waals surface area contributed by atoms with Crippen molar-refractivity contribution in [1.29, 1.82) is 0 Å². The normalized spacial score (nSPS) is 13.1. The molecule has 0 saturated heterocycles. The molecule has 1 rings (SSSR count). The van der Waals surface area contributed by atoms with E-state index >= 15 is 0 Å². The molecule has 6 heteroatoms. The van der Waals surface area contributed by atoms with Crippen LogP contribution >= 0.6 is 0 Å². The Kier molecular flexibility index (Phi) is 5.25. The summed E-state index contributed by atoms with van der Waals surface area (Å²) in [5.74, 6) is 0. The number of nitrogens with one attached hydrogen (secondary N) is 1. The van der Waals surface area contributed by atoms with Gasteiger partial charge in [-0.3, -0.25) is 5.26 Å². The maximum absolute atomic E-state index is 11.9. The molecular weight excluding hydrogens is 266 g/mol. The van der Waals surface area contributed by atoms with Gasteiger partial charge in [0.1, 0.15) is 5.60 Å². The standard InChI is InChI=1S/C13H19NO4S/c1-11-5-7-12(8-6-11)19(16,17)14-10-4-9-13(2,3)18-15/h4-9,14-15H,10H2,1-3H3/b9-4+. The lowest BCUT2D eigenvalue weighted by molar-refractivity contribution is -0.297. The van der Waals surface area contributed by atoms with E-state index in [9.17, 15) is 8.42 Å². The van der Waals surface area contributed by atoms with Gasteiger partial charge in [-0.15, -0.1) is 0 Å². The third kappa shape index (κ3) is 5.12. The van der Waals surface area contributed by atoms with E-state index in [2.05, 4.69) is 9.61 Å². The summed E-state index contributed by atoms with van der Waals surface area (Å²) in [7, 11) is -3.51. The summed E-state index contributed by atoms with van der Waals surface area (Å²) in [5.41, 5.74) is 0.163. The number of hydrogen-bond donors (Lipinski definition) is 2. The molecule has 2 N–H and O–H groups in total. The predicted octanol–water partition coefficient (Wildman–Crippen LogP) is 2.10. The highest BCUT2D eigenvalue weighted by Crippen LogP contribution is 2.10. The van der Waals surface area contributed by atoms with Gasteiger partial charge in [-0.2, -0.15) is 0 Å². The summed E-state index contributed by atoms with van der Waals surface area (Å²) in [6.07, 6.45) is 3.16. The highest BCUT2D eigenvalue weighted by atomic mass is 32.2. The first-order valence-electron chi connectivity index (χ1n) is 5.83. The highest BCUT2D eigenvalue weighted by Gasteiger charge is 2.14. The molecule has 0 aliphatic heterocycles. The second-order valence-electron chi connectivity index (χ2n) is 4.76. The lowest BCUT2D eigenvalue weighted by atomic mass is 10.1. The second kappa shape index (κ2) is 6.29. The van der Waals surface area contributed by atoms with E-state index in [1.54, 1.807) is 50.3 Å². The predicted molar refractivity (Wildman–Crippen MR) is 73.3 cm³/mol. The van der Waals surface area contributed by atoms with Crippen LogP contribution in [0.5, 0.6) is 0 Å². The van der Waals surface area contributed by atoms with Gasteiger partial charge in [-0.1, -0.05) is 29.8 Å². The molecule has 0 bridgehead atoms. The Morgan fingerprint density at radius 1 is 1.32 bits per heavy atom. The van der Waals surface area contributed by atoms with Crippen LogP contribution in [-0.2, 0) is 14.9 Å². The summed E-state index contributed by atoms with van der Waals surface area (Å²) in [4.78, 5) is 4.43. The van der Waals surface area contributed by atoms with E-state index < -0.39 is 15.6 Å². The van der Waals surface area contributed by atoms with Gasteiger partial charge in [0, 0.05) is 6.54 Å². The van der Waals surface area contributed by atoms with E-state index in [4.69, 9.17) is 5.26 Å². The molecule has 1 aromatic carbocycles. The van der Waals surface area contributed by atoms with Crippen LogP contribution in [0.2, 0.25) is 0 Å². The number of sulfonamides is 1. The van der Waals surface area contributed by atoms with E-state index in [0.717, 1.165) is 5.56 Å². The van der Waals surface area contributed by atoms with Gasteiger partial charge >= 0.3 is 0 Å². The topological polar surface area (TPSA) is 75.6 Å². The summed E-state index contributed by atoms with van der Waals surface area (Å²) in [5, 5.41) is 8.57. The van der Waals surface area contributed by atoms with E-state index in [0.29, 0.717) is 0 Å². The van der Waals surface area contributed by atoms with Crippen LogP contribution in [0.1, 0.15) is 19.4 Å². The lowest BCUT2D eigenvalue weighted by Crippen LogP contribution is -2.25. The Hall–Kier alpha value is -1.21. The third-order valence-corrected chi connectivity index (χ3v) is 3.92. The largest absolute Gasteiger partial charge is 0.251 e. The molecule has 0 radical (unpaired) electrons. The van der Waals surface area contributed by atoms with Gasteiger partial charge in [-0.05, 0) is 32.9 Å². The molecule has 0 heterocycles. The zero-order chi connectivity index (χ0) is 14.5. The van der Waals surface area contributed by atoms with Crippen molar-refractivity contribution in [3.8, 4) is 0 Å².